The molecule has 0 radical (unpaired) electrons. The fourth-order valence-electron chi connectivity index (χ4n) is 2.32. The lowest BCUT2D eigenvalue weighted by Crippen LogP contribution is -2.32. The van der Waals surface area contributed by atoms with Gasteiger partial charge in [0.1, 0.15) is 5.69 Å². The lowest BCUT2D eigenvalue weighted by Gasteiger charge is -2.19. The summed E-state index contributed by atoms with van der Waals surface area (Å²) < 4.78 is 0. The third-order valence-corrected chi connectivity index (χ3v) is 4.08. The fourth-order valence-corrected chi connectivity index (χ4v) is 2.32. The number of aromatic nitrogens is 2. The molecule has 5 heteroatoms. The van der Waals surface area contributed by atoms with Gasteiger partial charge in [0.25, 0.3) is 5.91 Å². The number of benzene rings is 1. The summed E-state index contributed by atoms with van der Waals surface area (Å²) in [6, 6.07) is 10.0. The van der Waals surface area contributed by atoms with Crippen molar-refractivity contribution in [1.82, 2.24) is 15.3 Å². The maximum Gasteiger partial charge on any atom is 0.270 e. The number of anilines is 2. The average molecular weight is 340 g/mol. The van der Waals surface area contributed by atoms with Crippen molar-refractivity contribution in [2.45, 2.75) is 59.4 Å². The number of hydrogen-bond donors (Lipinski definition) is 2. The summed E-state index contributed by atoms with van der Waals surface area (Å²) in [5.41, 5.74) is 3.39. The maximum atomic E-state index is 12.3. The number of rotatable bonds is 5. The van der Waals surface area contributed by atoms with E-state index in [-0.39, 0.29) is 17.4 Å². The van der Waals surface area contributed by atoms with Crippen molar-refractivity contribution in [1.29, 1.82) is 0 Å². The van der Waals surface area contributed by atoms with E-state index in [1.807, 2.05) is 32.9 Å². The van der Waals surface area contributed by atoms with Gasteiger partial charge in [-0.2, -0.15) is 0 Å². The first kappa shape index (κ1) is 18.9. The standard InChI is InChI=1S/C20H28N4O/c1-7-13(2)21-18(25)17-12-14(3)22-19(24-17)23-16-10-8-15(9-11-16)20(4,5)6/h8-13H,7H2,1-6H3,(H,21,25)(H,22,23,24). The number of nitrogens with one attached hydrogen (secondary N) is 2. The fraction of sp³-hybridized carbons (Fsp3) is 0.450. The highest BCUT2D eigenvalue weighted by molar-refractivity contribution is 5.92. The lowest BCUT2D eigenvalue weighted by atomic mass is 9.87. The van der Waals surface area contributed by atoms with E-state index >= 15 is 0 Å². The van der Waals surface area contributed by atoms with Gasteiger partial charge in [0.2, 0.25) is 5.95 Å². The molecule has 1 heterocycles. The molecular weight excluding hydrogens is 312 g/mol. The van der Waals surface area contributed by atoms with Crippen LogP contribution in [0.2, 0.25) is 0 Å². The Bertz CT molecular complexity index is 732. The molecule has 2 N–H and O–H groups in total. The van der Waals surface area contributed by atoms with Crippen LogP contribution in [0.4, 0.5) is 11.6 Å². The second-order valence-corrected chi connectivity index (χ2v) is 7.45. The summed E-state index contributed by atoms with van der Waals surface area (Å²) in [6.07, 6.45) is 0.876. The van der Waals surface area contributed by atoms with Crippen LogP contribution in [0.5, 0.6) is 0 Å². The summed E-state index contributed by atoms with van der Waals surface area (Å²) >= 11 is 0. The highest BCUT2D eigenvalue weighted by Gasteiger charge is 2.14. The molecule has 0 saturated carbocycles. The number of nitrogens with zero attached hydrogens (tertiary/aromatic N) is 2. The van der Waals surface area contributed by atoms with E-state index in [1.54, 1.807) is 6.07 Å². The number of amides is 1. The highest BCUT2D eigenvalue weighted by atomic mass is 16.1. The smallest absolute Gasteiger partial charge is 0.270 e. The maximum absolute atomic E-state index is 12.3. The number of hydrogen-bond acceptors (Lipinski definition) is 4. The van der Waals surface area contributed by atoms with Crippen LogP contribution >= 0.6 is 0 Å². The summed E-state index contributed by atoms with van der Waals surface area (Å²) in [7, 11) is 0. The molecule has 0 bridgehead atoms. The lowest BCUT2D eigenvalue weighted by molar-refractivity contribution is 0.0934. The van der Waals surface area contributed by atoms with E-state index in [4.69, 9.17) is 0 Å². The first-order valence-electron chi connectivity index (χ1n) is 8.73. The molecule has 25 heavy (non-hydrogen) atoms. The first-order valence-corrected chi connectivity index (χ1v) is 8.73. The zero-order valence-electron chi connectivity index (χ0n) is 16.0. The van der Waals surface area contributed by atoms with Gasteiger partial charge < -0.3 is 10.6 Å². The van der Waals surface area contributed by atoms with Crippen LogP contribution < -0.4 is 10.6 Å². The Labute approximate surface area is 150 Å². The van der Waals surface area contributed by atoms with Gasteiger partial charge in [0.15, 0.2) is 0 Å². The van der Waals surface area contributed by atoms with Crippen LogP contribution in [0.25, 0.3) is 0 Å². The zero-order chi connectivity index (χ0) is 18.6. The monoisotopic (exact) mass is 340 g/mol. The Morgan fingerprint density at radius 2 is 1.80 bits per heavy atom. The molecule has 1 unspecified atom stereocenters. The van der Waals surface area contributed by atoms with Crippen LogP contribution in [-0.2, 0) is 5.41 Å². The van der Waals surface area contributed by atoms with E-state index in [2.05, 4.69) is 53.5 Å². The van der Waals surface area contributed by atoms with E-state index < -0.39 is 0 Å². The van der Waals surface area contributed by atoms with Crippen molar-refractivity contribution in [2.75, 3.05) is 5.32 Å². The molecule has 2 aromatic rings. The van der Waals surface area contributed by atoms with Gasteiger partial charge in [0, 0.05) is 17.4 Å². The Kier molecular flexibility index (Phi) is 5.77. The quantitative estimate of drug-likeness (QED) is 0.849. The minimum Gasteiger partial charge on any atom is -0.348 e. The van der Waals surface area contributed by atoms with Gasteiger partial charge in [-0.3, -0.25) is 4.79 Å². The van der Waals surface area contributed by atoms with Gasteiger partial charge in [-0.1, -0.05) is 39.8 Å². The van der Waals surface area contributed by atoms with Crippen LogP contribution in [-0.4, -0.2) is 21.9 Å². The summed E-state index contributed by atoms with van der Waals surface area (Å²) in [5.74, 6) is 0.254. The Hall–Kier alpha value is -2.43. The molecular formula is C20H28N4O. The Balaban J connectivity index is 2.18. The predicted molar refractivity (Wildman–Crippen MR) is 102 cm³/mol. The molecule has 5 nitrogen and oxygen atoms in total. The molecule has 0 aliphatic heterocycles. The molecule has 1 atom stereocenters. The average Bonchev–Trinajstić information content (AvgIpc) is 2.53. The predicted octanol–water partition coefficient (Wildman–Crippen LogP) is 4.35. The van der Waals surface area contributed by atoms with E-state index in [0.29, 0.717) is 11.6 Å². The van der Waals surface area contributed by atoms with Gasteiger partial charge in [-0.05, 0) is 49.4 Å². The molecule has 0 fully saturated rings. The molecule has 1 amide bonds. The highest BCUT2D eigenvalue weighted by Crippen LogP contribution is 2.24. The second kappa shape index (κ2) is 7.64. The van der Waals surface area contributed by atoms with Crippen LogP contribution in [0, 0.1) is 6.92 Å². The van der Waals surface area contributed by atoms with Crippen LogP contribution in [0.15, 0.2) is 30.3 Å². The van der Waals surface area contributed by atoms with Crippen molar-refractivity contribution < 1.29 is 4.79 Å². The topological polar surface area (TPSA) is 66.9 Å². The molecule has 134 valence electrons. The molecule has 0 aliphatic rings. The van der Waals surface area contributed by atoms with E-state index in [9.17, 15) is 4.79 Å². The van der Waals surface area contributed by atoms with Crippen LogP contribution in [0.1, 0.15) is 62.8 Å². The third-order valence-electron chi connectivity index (χ3n) is 4.08. The number of aryl methyl sites for hydroxylation is 1. The third kappa shape index (κ3) is 5.28. The summed E-state index contributed by atoms with van der Waals surface area (Å²) in [6.45, 7) is 12.4. The largest absolute Gasteiger partial charge is 0.348 e. The molecule has 0 aliphatic carbocycles. The van der Waals surface area contributed by atoms with Gasteiger partial charge in [0.05, 0.1) is 0 Å². The van der Waals surface area contributed by atoms with Crippen molar-refractivity contribution in [2.24, 2.45) is 0 Å². The number of carbonyl (C=O) groups excluding carboxylic acids is 1. The van der Waals surface area contributed by atoms with Crippen molar-refractivity contribution in [3.63, 3.8) is 0 Å². The van der Waals surface area contributed by atoms with Gasteiger partial charge in [-0.25, -0.2) is 9.97 Å². The van der Waals surface area contributed by atoms with Crippen molar-refractivity contribution >= 4 is 17.5 Å². The van der Waals surface area contributed by atoms with E-state index in [0.717, 1.165) is 17.8 Å². The van der Waals surface area contributed by atoms with Crippen molar-refractivity contribution in [3.8, 4) is 0 Å². The molecule has 1 aromatic heterocycles. The van der Waals surface area contributed by atoms with Crippen molar-refractivity contribution in [3.05, 3.63) is 47.3 Å². The second-order valence-electron chi connectivity index (χ2n) is 7.45. The molecule has 1 aromatic carbocycles. The normalized spacial score (nSPS) is 12.6. The first-order chi connectivity index (χ1) is 11.7. The van der Waals surface area contributed by atoms with Gasteiger partial charge >= 0.3 is 0 Å². The summed E-state index contributed by atoms with van der Waals surface area (Å²) in [5, 5.41) is 6.11. The van der Waals surface area contributed by atoms with E-state index in [1.165, 1.54) is 5.56 Å². The molecule has 0 saturated heterocycles. The number of carbonyl (C=O) groups is 1. The SMILES string of the molecule is CCC(C)NC(=O)c1cc(C)nc(Nc2ccc(C(C)(C)C)cc2)n1. The minimum atomic E-state index is -0.175. The Morgan fingerprint density at radius 3 is 2.36 bits per heavy atom. The Morgan fingerprint density at radius 1 is 1.16 bits per heavy atom. The van der Waals surface area contributed by atoms with Gasteiger partial charge in [-0.15, -0.1) is 0 Å². The van der Waals surface area contributed by atoms with Crippen LogP contribution in [0.3, 0.4) is 0 Å². The minimum absolute atomic E-state index is 0.111. The zero-order valence-corrected chi connectivity index (χ0v) is 16.0. The molecule has 0 spiro atoms. The summed E-state index contributed by atoms with van der Waals surface area (Å²) in [4.78, 5) is 21.0. The molecule has 2 rings (SSSR count).